The first-order valence-corrected chi connectivity index (χ1v) is 9.00. The molecule has 0 bridgehead atoms. The van der Waals surface area contributed by atoms with Gasteiger partial charge in [0, 0.05) is 11.6 Å². The lowest BCUT2D eigenvalue weighted by Crippen LogP contribution is -2.43. The predicted octanol–water partition coefficient (Wildman–Crippen LogP) is 3.54. The van der Waals surface area contributed by atoms with Gasteiger partial charge in [0.1, 0.15) is 6.54 Å². The van der Waals surface area contributed by atoms with Crippen molar-refractivity contribution in [1.29, 1.82) is 0 Å². The number of hydrogen-bond donors (Lipinski definition) is 1. The number of rotatable bonds is 9. The topological polar surface area (TPSA) is 58.6 Å². The molecule has 0 saturated heterocycles. The highest BCUT2D eigenvalue weighted by Crippen LogP contribution is 2.34. The van der Waals surface area contributed by atoms with Crippen molar-refractivity contribution in [3.05, 3.63) is 23.2 Å². The average Bonchev–Trinajstić information content (AvgIpc) is 2.54. The summed E-state index contributed by atoms with van der Waals surface area (Å²) >= 11 is 6.00. The Balaban J connectivity index is 1.78. The van der Waals surface area contributed by atoms with Gasteiger partial charge in [0.25, 0.3) is 0 Å². The Morgan fingerprint density at radius 3 is 2.79 bits per heavy atom. The summed E-state index contributed by atoms with van der Waals surface area (Å²) in [5.74, 6) is -0.0166. The fraction of sp³-hybridized carbons (Fsp3) is 0.556. The van der Waals surface area contributed by atoms with E-state index in [2.05, 4.69) is 12.2 Å². The Morgan fingerprint density at radius 2 is 2.00 bits per heavy atom. The summed E-state index contributed by atoms with van der Waals surface area (Å²) < 4.78 is 5.17. The van der Waals surface area contributed by atoms with Crippen molar-refractivity contribution in [2.75, 3.05) is 24.5 Å². The molecule has 0 aromatic heterocycles. The van der Waals surface area contributed by atoms with E-state index in [1.165, 1.54) is 25.7 Å². The van der Waals surface area contributed by atoms with E-state index < -0.39 is 0 Å². The Bertz CT molecular complexity index is 577. The van der Waals surface area contributed by atoms with E-state index in [0.717, 1.165) is 12.8 Å². The zero-order valence-electron chi connectivity index (χ0n) is 14.1. The largest absolute Gasteiger partial charge is 0.423 e. The summed E-state index contributed by atoms with van der Waals surface area (Å²) in [4.78, 5) is 25.5. The molecule has 1 amide bonds. The second-order valence-electron chi connectivity index (χ2n) is 6.06. The molecule has 0 atom stereocenters. The Morgan fingerprint density at radius 1 is 1.25 bits per heavy atom. The number of amides is 1. The fourth-order valence-corrected chi connectivity index (χ4v) is 2.89. The van der Waals surface area contributed by atoms with Crippen LogP contribution < -0.4 is 15.0 Å². The molecule has 0 radical (unpaired) electrons. The maximum atomic E-state index is 12.1. The first-order chi connectivity index (χ1) is 11.6. The summed E-state index contributed by atoms with van der Waals surface area (Å²) in [6, 6.07) is 5.02. The summed E-state index contributed by atoms with van der Waals surface area (Å²) in [6.45, 7) is 3.05. The number of nitrogens with zero attached hydrogens (tertiary/aromatic N) is 1. The number of benzene rings is 1. The lowest BCUT2D eigenvalue weighted by Gasteiger charge is -2.29. The standard InChI is InChI=1S/C18H25ClN2O3/c1-2-3-4-5-6-7-10-20-17(22)12-21-13-18(23)24-16-9-8-14(19)11-15(16)21/h8-9,11H,2-7,10,12-13H2,1H3,(H,20,22). The summed E-state index contributed by atoms with van der Waals surface area (Å²) in [5, 5.41) is 3.46. The molecule has 2 rings (SSSR count). The van der Waals surface area contributed by atoms with Gasteiger partial charge in [0.15, 0.2) is 5.75 Å². The van der Waals surface area contributed by atoms with Crippen LogP contribution >= 0.6 is 11.6 Å². The Hall–Kier alpha value is -1.75. The van der Waals surface area contributed by atoms with Crippen LogP contribution in [-0.2, 0) is 9.59 Å². The number of halogens is 1. The van der Waals surface area contributed by atoms with E-state index in [-0.39, 0.29) is 25.0 Å². The number of esters is 1. The Kier molecular flexibility index (Phi) is 7.37. The second-order valence-corrected chi connectivity index (χ2v) is 6.50. The molecule has 1 heterocycles. The highest BCUT2D eigenvalue weighted by atomic mass is 35.5. The lowest BCUT2D eigenvalue weighted by atomic mass is 10.1. The van der Waals surface area contributed by atoms with Gasteiger partial charge in [0.05, 0.1) is 12.2 Å². The third-order valence-electron chi connectivity index (χ3n) is 3.99. The molecule has 24 heavy (non-hydrogen) atoms. The Labute approximate surface area is 148 Å². The summed E-state index contributed by atoms with van der Waals surface area (Å²) in [5.41, 5.74) is 0.678. The SMILES string of the molecule is CCCCCCCCNC(=O)CN1CC(=O)Oc2ccc(Cl)cc21. The first-order valence-electron chi connectivity index (χ1n) is 8.62. The van der Waals surface area contributed by atoms with Gasteiger partial charge in [-0.3, -0.25) is 4.79 Å². The van der Waals surface area contributed by atoms with Crippen LogP contribution in [0.3, 0.4) is 0 Å². The first kappa shape index (κ1) is 18.6. The van der Waals surface area contributed by atoms with Crippen LogP contribution in [0.5, 0.6) is 5.75 Å². The summed E-state index contributed by atoms with van der Waals surface area (Å²) in [6.07, 6.45) is 7.11. The number of nitrogens with one attached hydrogen (secondary N) is 1. The number of carbonyl (C=O) groups excluding carboxylic acids is 2. The van der Waals surface area contributed by atoms with Gasteiger partial charge in [-0.25, -0.2) is 4.79 Å². The van der Waals surface area contributed by atoms with Gasteiger partial charge in [-0.2, -0.15) is 0 Å². The maximum absolute atomic E-state index is 12.1. The van der Waals surface area contributed by atoms with Gasteiger partial charge in [-0.15, -0.1) is 0 Å². The van der Waals surface area contributed by atoms with Gasteiger partial charge in [0.2, 0.25) is 5.91 Å². The van der Waals surface area contributed by atoms with Crippen molar-refractivity contribution >= 4 is 29.2 Å². The highest BCUT2D eigenvalue weighted by Gasteiger charge is 2.25. The molecule has 0 aliphatic carbocycles. The molecule has 0 unspecified atom stereocenters. The molecule has 1 aliphatic heterocycles. The fourth-order valence-electron chi connectivity index (χ4n) is 2.72. The van der Waals surface area contributed by atoms with Crippen LogP contribution in [0, 0.1) is 0 Å². The smallest absolute Gasteiger partial charge is 0.331 e. The van der Waals surface area contributed by atoms with E-state index in [1.807, 2.05) is 0 Å². The van der Waals surface area contributed by atoms with Crippen molar-refractivity contribution in [3.8, 4) is 5.75 Å². The highest BCUT2D eigenvalue weighted by molar-refractivity contribution is 6.31. The zero-order chi connectivity index (χ0) is 17.4. The van der Waals surface area contributed by atoms with E-state index in [9.17, 15) is 9.59 Å². The van der Waals surface area contributed by atoms with Crippen LogP contribution in [0.4, 0.5) is 5.69 Å². The van der Waals surface area contributed by atoms with Gasteiger partial charge in [-0.1, -0.05) is 50.6 Å². The maximum Gasteiger partial charge on any atom is 0.331 e. The van der Waals surface area contributed by atoms with Crippen molar-refractivity contribution in [3.63, 3.8) is 0 Å². The minimum Gasteiger partial charge on any atom is -0.423 e. The molecular weight excluding hydrogens is 328 g/mol. The molecule has 0 spiro atoms. The van der Waals surface area contributed by atoms with Crippen LogP contribution in [0.1, 0.15) is 45.4 Å². The minimum atomic E-state index is -0.367. The van der Waals surface area contributed by atoms with E-state index in [1.54, 1.807) is 23.1 Å². The predicted molar refractivity (Wildman–Crippen MR) is 95.7 cm³/mol. The monoisotopic (exact) mass is 352 g/mol. The van der Waals surface area contributed by atoms with Gasteiger partial charge >= 0.3 is 5.97 Å². The normalized spacial score (nSPS) is 13.4. The van der Waals surface area contributed by atoms with Gasteiger partial charge in [-0.05, 0) is 24.6 Å². The van der Waals surface area contributed by atoms with Crippen molar-refractivity contribution in [2.24, 2.45) is 0 Å². The molecule has 0 fully saturated rings. The molecule has 6 heteroatoms. The number of ether oxygens (including phenoxy) is 1. The number of carbonyl (C=O) groups is 2. The molecule has 5 nitrogen and oxygen atoms in total. The van der Waals surface area contributed by atoms with Crippen LogP contribution in [-0.4, -0.2) is 31.5 Å². The summed E-state index contributed by atoms with van der Waals surface area (Å²) in [7, 11) is 0. The number of unbranched alkanes of at least 4 members (excludes halogenated alkanes) is 5. The van der Waals surface area contributed by atoms with Crippen LogP contribution in [0.25, 0.3) is 0 Å². The molecule has 132 valence electrons. The number of hydrogen-bond acceptors (Lipinski definition) is 4. The molecule has 0 saturated carbocycles. The molecule has 1 aromatic rings. The quantitative estimate of drug-likeness (QED) is 0.419. The van der Waals surface area contributed by atoms with Crippen molar-refractivity contribution in [1.82, 2.24) is 5.32 Å². The third-order valence-corrected chi connectivity index (χ3v) is 4.23. The van der Waals surface area contributed by atoms with Crippen molar-refractivity contribution in [2.45, 2.75) is 45.4 Å². The van der Waals surface area contributed by atoms with Crippen molar-refractivity contribution < 1.29 is 14.3 Å². The van der Waals surface area contributed by atoms with E-state index in [4.69, 9.17) is 16.3 Å². The van der Waals surface area contributed by atoms with Crippen LogP contribution in [0.2, 0.25) is 5.02 Å². The third kappa shape index (κ3) is 5.71. The van der Waals surface area contributed by atoms with Crippen LogP contribution in [0.15, 0.2) is 18.2 Å². The van der Waals surface area contributed by atoms with Gasteiger partial charge < -0.3 is 15.0 Å². The molecule has 1 aromatic carbocycles. The molecular formula is C18H25ClN2O3. The number of fused-ring (bicyclic) bond motifs is 1. The number of anilines is 1. The lowest BCUT2D eigenvalue weighted by molar-refractivity contribution is -0.133. The molecule has 1 N–H and O–H groups in total. The average molecular weight is 353 g/mol. The van der Waals surface area contributed by atoms with E-state index >= 15 is 0 Å². The van der Waals surface area contributed by atoms with E-state index in [0.29, 0.717) is 23.0 Å². The minimum absolute atomic E-state index is 0.0534. The second kappa shape index (κ2) is 9.52. The molecule has 1 aliphatic rings. The zero-order valence-corrected chi connectivity index (χ0v) is 14.9.